The Morgan fingerprint density at radius 1 is 1.25 bits per heavy atom. The van der Waals surface area contributed by atoms with Crippen molar-refractivity contribution in [3.05, 3.63) is 28.5 Å². The number of esters is 1. The number of hydrogen-bond donors (Lipinski definition) is 0. The molecule has 24 heavy (non-hydrogen) atoms. The number of alkyl halides is 1. The lowest BCUT2D eigenvalue weighted by atomic mass is 9.87. The Kier molecular flexibility index (Phi) is 5.74. The number of ether oxygens (including phenoxy) is 2. The van der Waals surface area contributed by atoms with E-state index in [9.17, 15) is 13.6 Å². The molecule has 0 unspecified atom stereocenters. The summed E-state index contributed by atoms with van der Waals surface area (Å²) in [5, 5.41) is 0.0525. The number of carbonyl (C=O) groups is 1. The highest BCUT2D eigenvalue weighted by Gasteiger charge is 2.33. The third kappa shape index (κ3) is 5.07. The molecule has 0 saturated heterocycles. The molecule has 1 fully saturated rings. The fourth-order valence-corrected chi connectivity index (χ4v) is 2.88. The van der Waals surface area contributed by atoms with Gasteiger partial charge in [0.2, 0.25) is 0 Å². The Morgan fingerprint density at radius 2 is 1.88 bits per heavy atom. The van der Waals surface area contributed by atoms with Gasteiger partial charge in [0, 0.05) is 6.07 Å². The summed E-state index contributed by atoms with van der Waals surface area (Å²) in [5.41, 5.74) is -2.41. The van der Waals surface area contributed by atoms with Crippen LogP contribution in [0.15, 0.2) is 12.1 Å². The van der Waals surface area contributed by atoms with Gasteiger partial charge in [-0.05, 0) is 39.7 Å². The van der Waals surface area contributed by atoms with Crippen molar-refractivity contribution in [2.75, 3.05) is 6.61 Å². The van der Waals surface area contributed by atoms with Gasteiger partial charge in [-0.3, -0.25) is 0 Å². The molecule has 0 radical (unpaired) electrons. The zero-order valence-corrected chi connectivity index (χ0v) is 15.0. The van der Waals surface area contributed by atoms with Crippen molar-refractivity contribution < 1.29 is 23.0 Å². The van der Waals surface area contributed by atoms with E-state index in [1.54, 1.807) is 20.8 Å². The highest BCUT2D eigenvalue weighted by atomic mass is 35.5. The topological polar surface area (TPSA) is 35.5 Å². The van der Waals surface area contributed by atoms with Crippen LogP contribution in [0.3, 0.4) is 0 Å². The van der Waals surface area contributed by atoms with Crippen molar-refractivity contribution in [1.82, 2.24) is 0 Å². The van der Waals surface area contributed by atoms with Crippen LogP contribution in [0.5, 0.6) is 5.75 Å². The molecule has 0 spiro atoms. The number of rotatable bonds is 4. The quantitative estimate of drug-likeness (QED) is 0.666. The summed E-state index contributed by atoms with van der Waals surface area (Å²) in [6.07, 6.45) is 3.52. The maximum Gasteiger partial charge on any atom is 0.341 e. The van der Waals surface area contributed by atoms with E-state index in [4.69, 9.17) is 21.1 Å². The Labute approximate surface area is 146 Å². The van der Waals surface area contributed by atoms with E-state index >= 15 is 0 Å². The predicted molar refractivity (Wildman–Crippen MR) is 89.0 cm³/mol. The summed E-state index contributed by atoms with van der Waals surface area (Å²) in [6.45, 7) is 4.89. The fraction of sp³-hybridized carbons (Fsp3) is 0.611. The minimum Gasteiger partial charge on any atom is -0.489 e. The van der Waals surface area contributed by atoms with Crippen molar-refractivity contribution in [3.8, 4) is 5.75 Å². The molecule has 0 bridgehead atoms. The average molecular weight is 361 g/mol. The number of benzene rings is 1. The van der Waals surface area contributed by atoms with E-state index in [1.165, 1.54) is 0 Å². The van der Waals surface area contributed by atoms with Crippen LogP contribution in [0, 0.1) is 5.82 Å². The van der Waals surface area contributed by atoms with Crippen LogP contribution >= 0.6 is 11.6 Å². The second-order valence-electron chi connectivity index (χ2n) is 7.26. The smallest absolute Gasteiger partial charge is 0.341 e. The predicted octanol–water partition coefficient (Wildman–Crippen LogP) is 5.49. The lowest BCUT2D eigenvalue weighted by Gasteiger charge is -2.29. The van der Waals surface area contributed by atoms with Crippen molar-refractivity contribution >= 4 is 17.6 Å². The maximum atomic E-state index is 14.5. The number of hydrogen-bond acceptors (Lipinski definition) is 3. The van der Waals surface area contributed by atoms with E-state index in [0.717, 1.165) is 31.4 Å². The minimum atomic E-state index is -1.40. The van der Waals surface area contributed by atoms with Gasteiger partial charge in [-0.15, -0.1) is 0 Å². The summed E-state index contributed by atoms with van der Waals surface area (Å²) >= 11 is 6.06. The van der Waals surface area contributed by atoms with Gasteiger partial charge in [0.15, 0.2) is 0 Å². The monoisotopic (exact) mass is 360 g/mol. The first-order valence-electron chi connectivity index (χ1n) is 8.14. The molecule has 3 nitrogen and oxygen atoms in total. The zero-order chi connectivity index (χ0) is 18.0. The van der Waals surface area contributed by atoms with Crippen LogP contribution in [0.25, 0.3) is 0 Å². The van der Waals surface area contributed by atoms with Gasteiger partial charge in [0.25, 0.3) is 0 Å². The first kappa shape index (κ1) is 19.0. The Bertz CT molecular complexity index is 605. The van der Waals surface area contributed by atoms with Crippen LogP contribution in [-0.2, 0) is 4.74 Å². The summed E-state index contributed by atoms with van der Waals surface area (Å²) in [6, 6.07) is 2.17. The zero-order valence-electron chi connectivity index (χ0n) is 14.3. The van der Waals surface area contributed by atoms with Crippen LogP contribution < -0.4 is 4.74 Å². The van der Waals surface area contributed by atoms with E-state index in [0.29, 0.717) is 12.8 Å². The van der Waals surface area contributed by atoms with E-state index < -0.39 is 23.1 Å². The fourth-order valence-electron chi connectivity index (χ4n) is 2.67. The van der Waals surface area contributed by atoms with Gasteiger partial charge < -0.3 is 9.47 Å². The molecule has 0 N–H and O–H groups in total. The Hall–Kier alpha value is -1.36. The number of halogens is 3. The Morgan fingerprint density at radius 3 is 2.46 bits per heavy atom. The molecule has 1 saturated carbocycles. The highest BCUT2D eigenvalue weighted by molar-refractivity contribution is 6.32. The molecule has 0 aliphatic heterocycles. The maximum absolute atomic E-state index is 14.5. The molecular formula is C18H23ClF2O3. The lowest BCUT2D eigenvalue weighted by molar-refractivity contribution is 0.00642. The van der Waals surface area contributed by atoms with Gasteiger partial charge in [-0.25, -0.2) is 13.6 Å². The van der Waals surface area contributed by atoms with Gasteiger partial charge in [0.1, 0.15) is 29.4 Å². The Balaban J connectivity index is 2.10. The van der Waals surface area contributed by atoms with E-state index in [-0.39, 0.29) is 22.9 Å². The van der Waals surface area contributed by atoms with Gasteiger partial charge in [-0.2, -0.15) is 0 Å². The van der Waals surface area contributed by atoms with Gasteiger partial charge in [-0.1, -0.05) is 30.9 Å². The van der Waals surface area contributed by atoms with Crippen LogP contribution in [0.4, 0.5) is 8.78 Å². The standard InChI is InChI=1S/C18H23ClF2O3/c1-17(2,3)24-16(22)12-9-13(19)15(10-14(12)20)23-11-18(21)7-5-4-6-8-18/h9-10H,4-8,11H2,1-3H3. The van der Waals surface area contributed by atoms with E-state index in [1.807, 2.05) is 0 Å². The molecule has 0 atom stereocenters. The molecule has 0 heterocycles. The van der Waals surface area contributed by atoms with Crippen LogP contribution in [0.2, 0.25) is 5.02 Å². The first-order valence-corrected chi connectivity index (χ1v) is 8.52. The first-order chi connectivity index (χ1) is 11.1. The molecule has 1 aromatic carbocycles. The largest absolute Gasteiger partial charge is 0.489 e. The van der Waals surface area contributed by atoms with Crippen LogP contribution in [-0.4, -0.2) is 23.8 Å². The molecule has 134 valence electrons. The SMILES string of the molecule is CC(C)(C)OC(=O)c1cc(Cl)c(OCC2(F)CCCCC2)cc1F. The summed E-state index contributed by atoms with van der Waals surface area (Å²) in [4.78, 5) is 12.0. The molecule has 1 aliphatic rings. The molecule has 1 aliphatic carbocycles. The van der Waals surface area contributed by atoms with Gasteiger partial charge >= 0.3 is 5.97 Å². The van der Waals surface area contributed by atoms with Crippen molar-refractivity contribution in [2.45, 2.75) is 64.1 Å². The molecule has 2 rings (SSSR count). The highest BCUT2D eigenvalue weighted by Crippen LogP contribution is 2.34. The molecule has 0 aromatic heterocycles. The minimum absolute atomic E-state index is 0.0315. The van der Waals surface area contributed by atoms with Crippen LogP contribution in [0.1, 0.15) is 63.2 Å². The van der Waals surface area contributed by atoms with Gasteiger partial charge in [0.05, 0.1) is 10.6 Å². The summed E-state index contributed by atoms with van der Waals surface area (Å²) < 4.78 is 39.3. The molecule has 1 aromatic rings. The van der Waals surface area contributed by atoms with Crippen molar-refractivity contribution in [3.63, 3.8) is 0 Å². The molecular weight excluding hydrogens is 338 g/mol. The lowest BCUT2D eigenvalue weighted by Crippen LogP contribution is -2.33. The third-order valence-corrected chi connectivity index (χ3v) is 4.17. The second-order valence-corrected chi connectivity index (χ2v) is 7.67. The second kappa shape index (κ2) is 7.26. The number of carbonyl (C=O) groups excluding carboxylic acids is 1. The van der Waals surface area contributed by atoms with Crippen molar-refractivity contribution in [2.24, 2.45) is 0 Å². The summed E-state index contributed by atoms with van der Waals surface area (Å²) in [7, 11) is 0. The molecule has 0 amide bonds. The molecule has 6 heteroatoms. The van der Waals surface area contributed by atoms with Crippen molar-refractivity contribution in [1.29, 1.82) is 0 Å². The summed E-state index contributed by atoms with van der Waals surface area (Å²) in [5.74, 6) is -1.58. The average Bonchev–Trinajstić information content (AvgIpc) is 2.46. The van der Waals surface area contributed by atoms with E-state index in [2.05, 4.69) is 0 Å². The normalized spacial score (nSPS) is 17.4. The third-order valence-electron chi connectivity index (χ3n) is 3.88.